The molecule has 4 atom stereocenters. The van der Waals surface area contributed by atoms with Crippen LogP contribution in [-0.4, -0.2) is 17.0 Å². The van der Waals surface area contributed by atoms with Gasteiger partial charge in [-0.15, -0.1) is 0 Å². The van der Waals surface area contributed by atoms with Crippen molar-refractivity contribution in [3.8, 4) is 0 Å². The maximum atomic E-state index is 11.8. The van der Waals surface area contributed by atoms with Gasteiger partial charge in [0.05, 0.1) is 6.10 Å². The molecule has 0 aromatic heterocycles. The highest BCUT2D eigenvalue weighted by atomic mass is 16.3. The number of ketones is 1. The zero-order valence-electron chi connectivity index (χ0n) is 10.1. The third-order valence-corrected chi connectivity index (χ3v) is 4.93. The molecule has 3 fully saturated rings. The second-order valence-electron chi connectivity index (χ2n) is 5.64. The van der Waals surface area contributed by atoms with Crippen molar-refractivity contribution >= 4 is 5.78 Å². The fourth-order valence-electron chi connectivity index (χ4n) is 3.75. The lowest BCUT2D eigenvalue weighted by Gasteiger charge is -2.53. The molecule has 2 heteroatoms. The number of fused-ring (bicyclic) bond motifs is 3. The Kier molecular flexibility index (Phi) is 2.37. The van der Waals surface area contributed by atoms with E-state index in [0.717, 1.165) is 12.8 Å². The molecule has 0 heterocycles. The number of Topliss-reactive ketones (excluding diaryl/α,β-unsaturated/α-hetero) is 1. The van der Waals surface area contributed by atoms with Crippen LogP contribution < -0.4 is 0 Å². The molecule has 0 saturated heterocycles. The molecule has 0 radical (unpaired) electrons. The molecular formula is C15H18O2. The van der Waals surface area contributed by atoms with E-state index >= 15 is 0 Å². The van der Waals surface area contributed by atoms with Crippen LogP contribution in [0.1, 0.15) is 31.7 Å². The molecule has 1 N–H and O–H groups in total. The fourth-order valence-corrected chi connectivity index (χ4v) is 3.75. The molecule has 1 aromatic rings. The molecule has 1 aromatic carbocycles. The Morgan fingerprint density at radius 3 is 2.53 bits per heavy atom. The Balaban J connectivity index is 2.06. The summed E-state index contributed by atoms with van der Waals surface area (Å²) in [5, 5.41) is 10.5. The van der Waals surface area contributed by atoms with Crippen LogP contribution in [0.3, 0.4) is 0 Å². The quantitative estimate of drug-likeness (QED) is 0.803. The van der Waals surface area contributed by atoms with E-state index in [1.807, 2.05) is 18.2 Å². The van der Waals surface area contributed by atoms with Crippen LogP contribution >= 0.6 is 0 Å². The minimum absolute atomic E-state index is 0.134. The van der Waals surface area contributed by atoms with Gasteiger partial charge in [-0.3, -0.25) is 4.79 Å². The first-order valence-corrected chi connectivity index (χ1v) is 6.40. The summed E-state index contributed by atoms with van der Waals surface area (Å²) < 4.78 is 0. The molecule has 0 amide bonds. The van der Waals surface area contributed by atoms with Crippen molar-refractivity contribution in [1.29, 1.82) is 0 Å². The predicted octanol–water partition coefficient (Wildman–Crippen LogP) is 2.30. The SMILES string of the molecule is C[C@@]1(c2ccccc2)C2CC[C@@H](C(=O)C2)[C@H]1O. The highest BCUT2D eigenvalue weighted by Gasteiger charge is 2.55. The topological polar surface area (TPSA) is 37.3 Å². The van der Waals surface area contributed by atoms with E-state index < -0.39 is 6.10 Å². The lowest BCUT2D eigenvalue weighted by molar-refractivity contribution is -0.145. The Morgan fingerprint density at radius 2 is 1.94 bits per heavy atom. The van der Waals surface area contributed by atoms with Crippen molar-refractivity contribution in [2.24, 2.45) is 11.8 Å². The van der Waals surface area contributed by atoms with Crippen molar-refractivity contribution in [3.05, 3.63) is 35.9 Å². The van der Waals surface area contributed by atoms with Crippen LogP contribution in [0.25, 0.3) is 0 Å². The Bertz CT molecular complexity index is 435. The van der Waals surface area contributed by atoms with Crippen LogP contribution in [0.15, 0.2) is 30.3 Å². The van der Waals surface area contributed by atoms with Crippen molar-refractivity contribution in [2.75, 3.05) is 0 Å². The zero-order valence-corrected chi connectivity index (χ0v) is 10.1. The van der Waals surface area contributed by atoms with E-state index in [1.165, 1.54) is 5.56 Å². The zero-order chi connectivity index (χ0) is 12.0. The van der Waals surface area contributed by atoms with Gasteiger partial charge < -0.3 is 5.11 Å². The minimum Gasteiger partial charge on any atom is -0.391 e. The Hall–Kier alpha value is -1.15. The number of carbonyl (C=O) groups is 1. The van der Waals surface area contributed by atoms with Gasteiger partial charge in [0.25, 0.3) is 0 Å². The van der Waals surface area contributed by atoms with Crippen molar-refractivity contribution < 1.29 is 9.90 Å². The average Bonchev–Trinajstić information content (AvgIpc) is 2.36. The maximum Gasteiger partial charge on any atom is 0.138 e. The van der Waals surface area contributed by atoms with Crippen molar-refractivity contribution in [1.82, 2.24) is 0 Å². The Morgan fingerprint density at radius 1 is 1.24 bits per heavy atom. The van der Waals surface area contributed by atoms with Gasteiger partial charge >= 0.3 is 0 Å². The van der Waals surface area contributed by atoms with Crippen molar-refractivity contribution in [3.63, 3.8) is 0 Å². The van der Waals surface area contributed by atoms with E-state index in [2.05, 4.69) is 19.1 Å². The summed E-state index contributed by atoms with van der Waals surface area (Å²) in [6, 6.07) is 10.2. The van der Waals surface area contributed by atoms with E-state index in [1.54, 1.807) is 0 Å². The van der Waals surface area contributed by atoms with Crippen LogP contribution in [0.5, 0.6) is 0 Å². The lowest BCUT2D eigenvalue weighted by atomic mass is 9.52. The number of hydrogen-bond acceptors (Lipinski definition) is 2. The highest BCUT2D eigenvalue weighted by molar-refractivity contribution is 5.84. The van der Waals surface area contributed by atoms with Gasteiger partial charge in [0.15, 0.2) is 0 Å². The number of aliphatic hydroxyl groups is 1. The first-order valence-electron chi connectivity index (χ1n) is 6.40. The summed E-state index contributed by atoms with van der Waals surface area (Å²) in [5.41, 5.74) is 0.938. The van der Waals surface area contributed by atoms with Gasteiger partial charge in [0.2, 0.25) is 0 Å². The van der Waals surface area contributed by atoms with E-state index in [0.29, 0.717) is 12.3 Å². The van der Waals surface area contributed by atoms with Gasteiger partial charge in [0.1, 0.15) is 5.78 Å². The summed E-state index contributed by atoms with van der Waals surface area (Å²) in [5.74, 6) is 0.435. The molecule has 3 saturated carbocycles. The fraction of sp³-hybridized carbons (Fsp3) is 0.533. The molecule has 0 spiro atoms. The van der Waals surface area contributed by atoms with Crippen LogP contribution in [0.2, 0.25) is 0 Å². The van der Waals surface area contributed by atoms with Gasteiger partial charge in [-0.25, -0.2) is 0 Å². The van der Waals surface area contributed by atoms with E-state index in [-0.39, 0.29) is 17.1 Å². The molecule has 4 rings (SSSR count). The predicted molar refractivity (Wildman–Crippen MR) is 65.6 cm³/mol. The van der Waals surface area contributed by atoms with Crippen LogP contribution in [0.4, 0.5) is 0 Å². The number of carbonyl (C=O) groups excluding carboxylic acids is 1. The first-order chi connectivity index (χ1) is 8.14. The average molecular weight is 230 g/mol. The second kappa shape index (κ2) is 3.67. The largest absolute Gasteiger partial charge is 0.391 e. The number of aliphatic hydroxyl groups excluding tert-OH is 1. The standard InChI is InChI=1S/C15H18O2/c1-15(10-5-3-2-4-6-10)11-7-8-12(14(15)17)13(16)9-11/h2-6,11-12,14,17H,7-9H2,1H3/t11?,12-,14+,15+/m0/s1. The summed E-state index contributed by atoms with van der Waals surface area (Å²) in [6.45, 7) is 2.12. The molecule has 2 bridgehead atoms. The number of rotatable bonds is 1. The second-order valence-corrected chi connectivity index (χ2v) is 5.64. The number of benzene rings is 1. The molecule has 0 aliphatic heterocycles. The molecular weight excluding hydrogens is 212 g/mol. The highest BCUT2D eigenvalue weighted by Crippen LogP contribution is 2.52. The van der Waals surface area contributed by atoms with Gasteiger partial charge in [-0.1, -0.05) is 37.3 Å². The molecule has 3 aliphatic carbocycles. The van der Waals surface area contributed by atoms with Gasteiger partial charge in [0, 0.05) is 17.8 Å². The monoisotopic (exact) mass is 230 g/mol. The molecule has 3 aliphatic rings. The van der Waals surface area contributed by atoms with E-state index in [4.69, 9.17) is 0 Å². The summed E-state index contributed by atoms with van der Waals surface area (Å²) in [7, 11) is 0. The smallest absolute Gasteiger partial charge is 0.138 e. The Labute approximate surface area is 102 Å². The van der Waals surface area contributed by atoms with Gasteiger partial charge in [-0.05, 0) is 24.3 Å². The van der Waals surface area contributed by atoms with E-state index in [9.17, 15) is 9.90 Å². The lowest BCUT2D eigenvalue weighted by Crippen LogP contribution is -2.58. The first kappa shape index (κ1) is 11.0. The maximum absolute atomic E-state index is 11.8. The molecule has 17 heavy (non-hydrogen) atoms. The van der Waals surface area contributed by atoms with Gasteiger partial charge in [-0.2, -0.15) is 0 Å². The number of hydrogen-bond donors (Lipinski definition) is 1. The summed E-state index contributed by atoms with van der Waals surface area (Å²) in [6.07, 6.45) is 2.07. The minimum atomic E-state index is -0.509. The summed E-state index contributed by atoms with van der Waals surface area (Å²) in [4.78, 5) is 11.8. The molecule has 2 nitrogen and oxygen atoms in total. The summed E-state index contributed by atoms with van der Waals surface area (Å²) >= 11 is 0. The third kappa shape index (κ3) is 1.40. The molecule has 90 valence electrons. The van der Waals surface area contributed by atoms with Crippen LogP contribution in [0, 0.1) is 11.8 Å². The molecule has 1 unspecified atom stereocenters. The normalized spacial score (nSPS) is 40.6. The van der Waals surface area contributed by atoms with Crippen molar-refractivity contribution in [2.45, 2.75) is 37.7 Å². The van der Waals surface area contributed by atoms with Crippen LogP contribution in [-0.2, 0) is 10.2 Å². The third-order valence-electron chi connectivity index (χ3n) is 4.93.